The number of methoxy groups -OCH3 is 1. The van der Waals surface area contributed by atoms with Gasteiger partial charge >= 0.3 is 0 Å². The van der Waals surface area contributed by atoms with Crippen molar-refractivity contribution in [2.24, 2.45) is 0 Å². The van der Waals surface area contributed by atoms with E-state index in [0.717, 1.165) is 0 Å². The van der Waals surface area contributed by atoms with Crippen molar-refractivity contribution in [3.8, 4) is 5.75 Å². The standard InChI is InChI=1S/C14H9Br2ClF2O/c1-20-12-6-11(19)9(15)5-8(12)13(16)7-3-2-4-10(18)14(7)17/h2-6,13H,1H3. The van der Waals surface area contributed by atoms with E-state index in [1.807, 2.05) is 0 Å². The topological polar surface area (TPSA) is 9.23 Å². The first-order valence-electron chi connectivity index (χ1n) is 5.56. The van der Waals surface area contributed by atoms with Gasteiger partial charge in [0.2, 0.25) is 0 Å². The third-order valence-corrected chi connectivity index (χ3v) is 4.79. The minimum atomic E-state index is -0.506. The monoisotopic (exact) mass is 424 g/mol. The van der Waals surface area contributed by atoms with Crippen molar-refractivity contribution in [1.82, 2.24) is 0 Å². The van der Waals surface area contributed by atoms with Crippen LogP contribution in [0.25, 0.3) is 0 Å². The molecule has 0 spiro atoms. The van der Waals surface area contributed by atoms with E-state index in [0.29, 0.717) is 21.3 Å². The van der Waals surface area contributed by atoms with Crippen molar-refractivity contribution < 1.29 is 13.5 Å². The van der Waals surface area contributed by atoms with E-state index < -0.39 is 16.5 Å². The van der Waals surface area contributed by atoms with E-state index in [2.05, 4.69) is 31.9 Å². The Balaban J connectivity index is 2.55. The number of hydrogen-bond donors (Lipinski definition) is 0. The minimum absolute atomic E-state index is 0.0249. The maximum Gasteiger partial charge on any atom is 0.142 e. The number of halogens is 5. The summed E-state index contributed by atoms with van der Waals surface area (Å²) >= 11 is 12.6. The molecule has 6 heteroatoms. The minimum Gasteiger partial charge on any atom is -0.496 e. The molecule has 0 bridgehead atoms. The first-order chi connectivity index (χ1) is 9.45. The smallest absolute Gasteiger partial charge is 0.142 e. The fourth-order valence-electron chi connectivity index (χ4n) is 1.80. The van der Waals surface area contributed by atoms with Gasteiger partial charge in [0.1, 0.15) is 17.4 Å². The summed E-state index contributed by atoms with van der Waals surface area (Å²) in [6, 6.07) is 7.39. The number of benzene rings is 2. The van der Waals surface area contributed by atoms with Gasteiger partial charge < -0.3 is 4.74 Å². The van der Waals surface area contributed by atoms with Gasteiger partial charge in [0, 0.05) is 11.6 Å². The average Bonchev–Trinajstić information content (AvgIpc) is 2.43. The van der Waals surface area contributed by atoms with Crippen LogP contribution in [0.1, 0.15) is 16.0 Å². The maximum absolute atomic E-state index is 13.5. The fourth-order valence-corrected chi connectivity index (χ4v) is 3.27. The molecule has 20 heavy (non-hydrogen) atoms. The van der Waals surface area contributed by atoms with Crippen molar-refractivity contribution in [2.75, 3.05) is 7.11 Å². The number of alkyl halides is 1. The zero-order chi connectivity index (χ0) is 14.9. The van der Waals surface area contributed by atoms with Gasteiger partial charge in [-0.3, -0.25) is 0 Å². The normalized spacial score (nSPS) is 12.3. The summed E-state index contributed by atoms with van der Waals surface area (Å²) in [5.41, 5.74) is 1.19. The molecule has 0 saturated heterocycles. The van der Waals surface area contributed by atoms with Gasteiger partial charge in [-0.15, -0.1) is 0 Å². The Kier molecular flexibility index (Phi) is 5.04. The number of rotatable bonds is 3. The molecule has 2 aromatic carbocycles. The molecule has 0 radical (unpaired) electrons. The Labute approximate surface area is 137 Å². The lowest BCUT2D eigenvalue weighted by molar-refractivity contribution is 0.406. The summed E-state index contributed by atoms with van der Waals surface area (Å²) in [5.74, 6) is -0.586. The summed E-state index contributed by atoms with van der Waals surface area (Å²) < 4.78 is 32.5. The molecule has 1 nitrogen and oxygen atoms in total. The highest BCUT2D eigenvalue weighted by Gasteiger charge is 2.21. The molecule has 0 aliphatic rings. The Morgan fingerprint density at radius 2 is 1.85 bits per heavy atom. The van der Waals surface area contributed by atoms with Crippen LogP contribution in [0.15, 0.2) is 34.8 Å². The first-order valence-corrected chi connectivity index (χ1v) is 7.65. The highest BCUT2D eigenvalue weighted by molar-refractivity contribution is 9.10. The predicted octanol–water partition coefficient (Wildman–Crippen LogP) is 5.87. The maximum atomic E-state index is 13.5. The molecule has 0 aliphatic heterocycles. The average molecular weight is 426 g/mol. The quantitative estimate of drug-likeness (QED) is 0.558. The largest absolute Gasteiger partial charge is 0.496 e. The highest BCUT2D eigenvalue weighted by Crippen LogP contribution is 2.41. The van der Waals surface area contributed by atoms with E-state index in [4.69, 9.17) is 16.3 Å². The Morgan fingerprint density at radius 3 is 2.50 bits per heavy atom. The van der Waals surface area contributed by atoms with Crippen LogP contribution < -0.4 is 4.74 Å². The lowest BCUT2D eigenvalue weighted by Crippen LogP contribution is -2.00. The Morgan fingerprint density at radius 1 is 1.15 bits per heavy atom. The molecule has 1 unspecified atom stereocenters. The van der Waals surface area contributed by atoms with Gasteiger partial charge in [-0.05, 0) is 33.6 Å². The third kappa shape index (κ3) is 3.00. The van der Waals surface area contributed by atoms with Crippen LogP contribution in [0, 0.1) is 11.6 Å². The predicted molar refractivity (Wildman–Crippen MR) is 82.8 cm³/mol. The highest BCUT2D eigenvalue weighted by atomic mass is 79.9. The van der Waals surface area contributed by atoms with E-state index in [-0.39, 0.29) is 5.02 Å². The molecule has 106 valence electrons. The van der Waals surface area contributed by atoms with Crippen LogP contribution in [-0.4, -0.2) is 7.11 Å². The first kappa shape index (κ1) is 15.7. The number of hydrogen-bond acceptors (Lipinski definition) is 1. The van der Waals surface area contributed by atoms with Crippen LogP contribution in [-0.2, 0) is 0 Å². The second-order valence-electron chi connectivity index (χ2n) is 4.01. The van der Waals surface area contributed by atoms with Crippen LogP contribution in [0.3, 0.4) is 0 Å². The van der Waals surface area contributed by atoms with Crippen molar-refractivity contribution in [3.63, 3.8) is 0 Å². The molecule has 0 aliphatic carbocycles. The van der Waals surface area contributed by atoms with Crippen molar-refractivity contribution in [1.29, 1.82) is 0 Å². The second kappa shape index (κ2) is 6.41. The van der Waals surface area contributed by atoms with Crippen LogP contribution >= 0.6 is 43.5 Å². The van der Waals surface area contributed by atoms with E-state index in [9.17, 15) is 8.78 Å². The van der Waals surface area contributed by atoms with Gasteiger partial charge in [-0.25, -0.2) is 8.78 Å². The zero-order valence-electron chi connectivity index (χ0n) is 10.3. The molecule has 0 saturated carbocycles. The van der Waals surface area contributed by atoms with Gasteiger partial charge in [0.15, 0.2) is 0 Å². The molecular weight excluding hydrogens is 417 g/mol. The van der Waals surface area contributed by atoms with Gasteiger partial charge in [-0.1, -0.05) is 39.7 Å². The van der Waals surface area contributed by atoms with Crippen molar-refractivity contribution in [2.45, 2.75) is 4.83 Å². The SMILES string of the molecule is COc1cc(F)c(Br)cc1C(Br)c1cccc(F)c1Cl. The van der Waals surface area contributed by atoms with Crippen molar-refractivity contribution in [3.05, 3.63) is 62.6 Å². The lowest BCUT2D eigenvalue weighted by atomic mass is 10.0. The molecular formula is C14H9Br2ClF2O. The van der Waals surface area contributed by atoms with E-state index >= 15 is 0 Å². The molecule has 0 amide bonds. The zero-order valence-corrected chi connectivity index (χ0v) is 14.2. The van der Waals surface area contributed by atoms with Gasteiger partial charge in [0.25, 0.3) is 0 Å². The molecule has 0 N–H and O–H groups in total. The van der Waals surface area contributed by atoms with Crippen molar-refractivity contribution >= 4 is 43.5 Å². The summed E-state index contributed by atoms with van der Waals surface area (Å²) in [4.78, 5) is -0.419. The molecule has 1 atom stereocenters. The lowest BCUT2D eigenvalue weighted by Gasteiger charge is -2.17. The Hall–Kier alpha value is -0.650. The summed E-state index contributed by atoms with van der Waals surface area (Å²) in [6.45, 7) is 0. The molecule has 2 rings (SSSR count). The molecule has 0 heterocycles. The Bertz CT molecular complexity index is 649. The van der Waals surface area contributed by atoms with Gasteiger partial charge in [-0.2, -0.15) is 0 Å². The molecule has 2 aromatic rings. The van der Waals surface area contributed by atoms with E-state index in [1.54, 1.807) is 18.2 Å². The summed E-state index contributed by atoms with van der Waals surface area (Å²) in [6.07, 6.45) is 0. The van der Waals surface area contributed by atoms with Crippen LogP contribution in [0.5, 0.6) is 5.75 Å². The number of ether oxygens (including phenoxy) is 1. The van der Waals surface area contributed by atoms with Crippen LogP contribution in [0.4, 0.5) is 8.78 Å². The van der Waals surface area contributed by atoms with Gasteiger partial charge in [0.05, 0.1) is 21.4 Å². The molecule has 0 fully saturated rings. The fraction of sp³-hybridized carbons (Fsp3) is 0.143. The van der Waals surface area contributed by atoms with E-state index in [1.165, 1.54) is 19.2 Å². The second-order valence-corrected chi connectivity index (χ2v) is 6.16. The summed E-state index contributed by atoms with van der Waals surface area (Å²) in [5, 5.41) is 0.0249. The summed E-state index contributed by atoms with van der Waals surface area (Å²) in [7, 11) is 1.44. The van der Waals surface area contributed by atoms with Crippen LogP contribution in [0.2, 0.25) is 5.02 Å². The third-order valence-electron chi connectivity index (χ3n) is 2.80. The molecule has 0 aromatic heterocycles.